The summed E-state index contributed by atoms with van der Waals surface area (Å²) in [5.74, 6) is 2.16. The molecule has 0 spiro atoms. The first-order chi connectivity index (χ1) is 17.0. The zero-order valence-electron chi connectivity index (χ0n) is 21.3. The standard InChI is InChI=1S/C29H38N2O4/c1-4-33-16-17-34-27(32)35-31-22-11-13-28(2)21(18-22)7-8-23-25-10-9-24(20-6-5-15-30-19-20)29(25,3)14-12-26(23)28/h5-6,9,15,18-19,23,25-26H,4,7-8,10-14,16-17H2,1-3H3/t23-,25+,26+,28+,29-/m1/s1. The summed E-state index contributed by atoms with van der Waals surface area (Å²) in [6.45, 7) is 8.02. The van der Waals surface area contributed by atoms with Gasteiger partial charge in [-0.05, 0) is 104 Å². The van der Waals surface area contributed by atoms with Crippen molar-refractivity contribution in [2.24, 2.45) is 33.7 Å². The fourth-order valence-corrected chi connectivity index (χ4v) is 7.63. The van der Waals surface area contributed by atoms with E-state index in [9.17, 15) is 4.79 Å². The Balaban J connectivity index is 1.26. The fraction of sp³-hybridized carbons (Fsp3) is 0.621. The van der Waals surface area contributed by atoms with E-state index in [0.717, 1.165) is 30.9 Å². The molecule has 0 bridgehead atoms. The normalized spacial score (nSPS) is 34.8. The highest BCUT2D eigenvalue weighted by atomic mass is 16.8. The summed E-state index contributed by atoms with van der Waals surface area (Å²) >= 11 is 0. The van der Waals surface area contributed by atoms with Crippen molar-refractivity contribution in [2.45, 2.75) is 65.7 Å². The number of nitrogens with zero attached hydrogens (tertiary/aromatic N) is 2. The summed E-state index contributed by atoms with van der Waals surface area (Å²) in [5.41, 5.74) is 5.61. The maximum Gasteiger partial charge on any atom is 0.535 e. The molecular weight excluding hydrogens is 440 g/mol. The van der Waals surface area contributed by atoms with Crippen molar-refractivity contribution in [3.63, 3.8) is 0 Å². The van der Waals surface area contributed by atoms with E-state index in [2.05, 4.69) is 48.3 Å². The molecule has 0 aliphatic heterocycles. The minimum Gasteiger partial charge on any atom is -0.430 e. The number of hydrogen-bond acceptors (Lipinski definition) is 6. The van der Waals surface area contributed by atoms with Gasteiger partial charge in [-0.25, -0.2) is 4.79 Å². The highest BCUT2D eigenvalue weighted by molar-refractivity contribution is 5.96. The molecule has 5 rings (SSSR count). The first-order valence-corrected chi connectivity index (χ1v) is 13.3. The molecule has 4 aliphatic carbocycles. The Kier molecular flexibility index (Phi) is 6.84. The van der Waals surface area contributed by atoms with Gasteiger partial charge in [-0.15, -0.1) is 0 Å². The van der Waals surface area contributed by atoms with Gasteiger partial charge in [0.05, 0.1) is 12.3 Å². The molecule has 1 heterocycles. The van der Waals surface area contributed by atoms with Crippen LogP contribution in [0.5, 0.6) is 0 Å². The van der Waals surface area contributed by atoms with E-state index in [0.29, 0.717) is 25.0 Å². The van der Waals surface area contributed by atoms with Gasteiger partial charge in [0, 0.05) is 19.0 Å². The van der Waals surface area contributed by atoms with E-state index in [4.69, 9.17) is 14.3 Å². The third-order valence-corrected chi connectivity index (χ3v) is 9.42. The summed E-state index contributed by atoms with van der Waals surface area (Å²) in [5, 5.41) is 4.13. The number of oxime groups is 1. The van der Waals surface area contributed by atoms with Crippen molar-refractivity contribution in [1.29, 1.82) is 0 Å². The van der Waals surface area contributed by atoms with E-state index >= 15 is 0 Å². The highest BCUT2D eigenvalue weighted by Gasteiger charge is 2.57. The van der Waals surface area contributed by atoms with E-state index in [1.165, 1.54) is 42.4 Å². The number of carbonyl (C=O) groups excluding carboxylic acids is 1. The first kappa shape index (κ1) is 24.2. The van der Waals surface area contributed by atoms with Crippen LogP contribution in [-0.4, -0.2) is 36.7 Å². The smallest absolute Gasteiger partial charge is 0.430 e. The molecule has 1 aromatic rings. The second-order valence-electron chi connectivity index (χ2n) is 11.0. The van der Waals surface area contributed by atoms with E-state index < -0.39 is 6.16 Å². The lowest BCUT2D eigenvalue weighted by molar-refractivity contribution is -0.0191. The second-order valence-corrected chi connectivity index (χ2v) is 11.0. The van der Waals surface area contributed by atoms with Gasteiger partial charge in [-0.1, -0.05) is 36.7 Å². The zero-order valence-corrected chi connectivity index (χ0v) is 21.3. The van der Waals surface area contributed by atoms with Crippen LogP contribution >= 0.6 is 0 Å². The van der Waals surface area contributed by atoms with Crippen LogP contribution in [0.25, 0.3) is 5.57 Å². The molecular formula is C29H38N2O4. The molecule has 6 heteroatoms. The van der Waals surface area contributed by atoms with Crippen molar-refractivity contribution < 1.29 is 19.1 Å². The van der Waals surface area contributed by atoms with Crippen molar-refractivity contribution in [1.82, 2.24) is 4.98 Å². The van der Waals surface area contributed by atoms with Crippen LogP contribution in [0.1, 0.15) is 71.3 Å². The van der Waals surface area contributed by atoms with Gasteiger partial charge >= 0.3 is 6.16 Å². The topological polar surface area (TPSA) is 70.0 Å². The van der Waals surface area contributed by atoms with Crippen molar-refractivity contribution in [3.05, 3.63) is 47.8 Å². The maximum absolute atomic E-state index is 11.8. The number of rotatable bonds is 6. The van der Waals surface area contributed by atoms with Crippen LogP contribution in [0.2, 0.25) is 0 Å². The van der Waals surface area contributed by atoms with Gasteiger partial charge in [0.15, 0.2) is 0 Å². The monoisotopic (exact) mass is 478 g/mol. The molecule has 2 saturated carbocycles. The summed E-state index contributed by atoms with van der Waals surface area (Å²) < 4.78 is 10.2. The molecule has 0 saturated heterocycles. The molecule has 0 amide bonds. The van der Waals surface area contributed by atoms with Gasteiger partial charge in [0.1, 0.15) is 6.61 Å². The Morgan fingerprint density at radius 3 is 2.83 bits per heavy atom. The highest BCUT2D eigenvalue weighted by Crippen LogP contribution is 2.66. The minimum atomic E-state index is -0.766. The molecule has 1 aromatic heterocycles. The first-order valence-electron chi connectivity index (χ1n) is 13.3. The molecule has 0 unspecified atom stereocenters. The summed E-state index contributed by atoms with van der Waals surface area (Å²) in [6, 6.07) is 4.28. The fourth-order valence-electron chi connectivity index (χ4n) is 7.63. The number of hydrogen-bond donors (Lipinski definition) is 0. The predicted octanol–water partition coefficient (Wildman–Crippen LogP) is 6.58. The SMILES string of the molecule is CCOCCOC(=O)ON=C1C=C2CC[C@H]3[C@H](CC[C@]4(C)C(c5cccnc5)=CC[C@@H]34)[C@@]2(C)CC1. The molecule has 35 heavy (non-hydrogen) atoms. The summed E-state index contributed by atoms with van der Waals surface area (Å²) in [6.07, 6.45) is 15.8. The Morgan fingerprint density at radius 2 is 2.03 bits per heavy atom. The third-order valence-electron chi connectivity index (χ3n) is 9.42. The Labute approximate surface area is 208 Å². The molecule has 0 radical (unpaired) electrons. The van der Waals surface area contributed by atoms with Gasteiger partial charge in [-0.2, -0.15) is 0 Å². The van der Waals surface area contributed by atoms with Crippen LogP contribution < -0.4 is 0 Å². The minimum absolute atomic E-state index is 0.178. The largest absolute Gasteiger partial charge is 0.535 e. The Morgan fingerprint density at radius 1 is 1.14 bits per heavy atom. The maximum atomic E-state index is 11.8. The number of allylic oxidation sites excluding steroid dienone is 4. The predicted molar refractivity (Wildman–Crippen MR) is 136 cm³/mol. The van der Waals surface area contributed by atoms with Crippen LogP contribution in [-0.2, 0) is 14.3 Å². The molecule has 6 nitrogen and oxygen atoms in total. The number of aromatic nitrogens is 1. The third kappa shape index (κ3) is 4.46. The number of pyridine rings is 1. The molecule has 5 atom stereocenters. The van der Waals surface area contributed by atoms with Crippen LogP contribution in [0.3, 0.4) is 0 Å². The quantitative estimate of drug-likeness (QED) is 0.200. The molecule has 188 valence electrons. The van der Waals surface area contributed by atoms with Crippen molar-refractivity contribution >= 4 is 17.4 Å². The van der Waals surface area contributed by atoms with Gasteiger partial charge < -0.3 is 9.47 Å². The van der Waals surface area contributed by atoms with Gasteiger partial charge in [0.2, 0.25) is 0 Å². The van der Waals surface area contributed by atoms with E-state index in [1.54, 1.807) is 0 Å². The summed E-state index contributed by atoms with van der Waals surface area (Å²) in [7, 11) is 0. The average molecular weight is 479 g/mol. The molecule has 4 aliphatic rings. The lowest BCUT2D eigenvalue weighted by Crippen LogP contribution is -2.49. The van der Waals surface area contributed by atoms with E-state index in [-0.39, 0.29) is 17.4 Å². The molecule has 0 aromatic carbocycles. The second kappa shape index (κ2) is 9.88. The number of ether oxygens (including phenoxy) is 2. The van der Waals surface area contributed by atoms with Crippen LogP contribution in [0.4, 0.5) is 4.79 Å². The Hall–Kier alpha value is -2.47. The lowest BCUT2D eigenvalue weighted by Gasteiger charge is -2.58. The number of fused-ring (bicyclic) bond motifs is 5. The van der Waals surface area contributed by atoms with Crippen LogP contribution in [0.15, 0.2) is 47.4 Å². The van der Waals surface area contributed by atoms with Crippen molar-refractivity contribution in [2.75, 3.05) is 19.8 Å². The van der Waals surface area contributed by atoms with E-state index in [1.807, 2.05) is 19.3 Å². The van der Waals surface area contributed by atoms with Gasteiger partial charge in [0.25, 0.3) is 0 Å². The van der Waals surface area contributed by atoms with Gasteiger partial charge in [-0.3, -0.25) is 9.82 Å². The molecule has 2 fully saturated rings. The average Bonchev–Trinajstić information content (AvgIpc) is 3.23. The lowest BCUT2D eigenvalue weighted by atomic mass is 9.46. The Bertz CT molecular complexity index is 1030. The zero-order chi connectivity index (χ0) is 24.5. The van der Waals surface area contributed by atoms with Crippen molar-refractivity contribution in [3.8, 4) is 0 Å². The molecule has 0 N–H and O–H groups in total. The number of carbonyl (C=O) groups is 1. The summed E-state index contributed by atoms with van der Waals surface area (Å²) in [4.78, 5) is 21.2. The van der Waals surface area contributed by atoms with Crippen LogP contribution in [0, 0.1) is 28.6 Å².